The van der Waals surface area contributed by atoms with E-state index in [1.54, 1.807) is 11.6 Å². The van der Waals surface area contributed by atoms with Crippen LogP contribution in [0.1, 0.15) is 35.1 Å². The summed E-state index contributed by atoms with van der Waals surface area (Å²) >= 11 is 0. The molecule has 4 heteroatoms. The standard InChI is InChI=1S/C11H15N3O/c1-7(6-12)5-10(15)11-8(2)13-14(4)9(11)3/h7H,5H2,1-4H3. The van der Waals surface area contributed by atoms with Crippen LogP contribution in [0.15, 0.2) is 0 Å². The van der Waals surface area contributed by atoms with Gasteiger partial charge in [0.2, 0.25) is 0 Å². The number of carbonyl (C=O) groups excluding carboxylic acids is 1. The molecular formula is C11H15N3O. The van der Waals surface area contributed by atoms with Crippen LogP contribution in [-0.4, -0.2) is 15.6 Å². The van der Waals surface area contributed by atoms with Gasteiger partial charge in [0, 0.05) is 19.2 Å². The van der Waals surface area contributed by atoms with Gasteiger partial charge in [-0.1, -0.05) is 0 Å². The Morgan fingerprint density at radius 2 is 2.20 bits per heavy atom. The van der Waals surface area contributed by atoms with E-state index in [1.807, 2.05) is 20.9 Å². The molecule has 0 radical (unpaired) electrons. The molecule has 80 valence electrons. The zero-order valence-electron chi connectivity index (χ0n) is 9.53. The number of Topliss-reactive ketones (excluding diaryl/α,β-unsaturated/α-hetero) is 1. The molecule has 0 saturated heterocycles. The maximum absolute atomic E-state index is 11.9. The highest BCUT2D eigenvalue weighted by Crippen LogP contribution is 2.16. The van der Waals surface area contributed by atoms with E-state index in [0.29, 0.717) is 5.56 Å². The van der Waals surface area contributed by atoms with Crippen LogP contribution < -0.4 is 0 Å². The number of aryl methyl sites for hydroxylation is 2. The fourth-order valence-electron chi connectivity index (χ4n) is 1.60. The van der Waals surface area contributed by atoms with Crippen molar-refractivity contribution in [2.75, 3.05) is 0 Å². The minimum Gasteiger partial charge on any atom is -0.294 e. The van der Waals surface area contributed by atoms with Crippen LogP contribution in [0.5, 0.6) is 0 Å². The van der Waals surface area contributed by atoms with Crippen molar-refractivity contribution in [3.8, 4) is 6.07 Å². The number of carbonyl (C=O) groups is 1. The van der Waals surface area contributed by atoms with Gasteiger partial charge in [0.05, 0.1) is 23.2 Å². The summed E-state index contributed by atoms with van der Waals surface area (Å²) in [5.41, 5.74) is 2.27. The van der Waals surface area contributed by atoms with Crippen molar-refractivity contribution in [1.82, 2.24) is 9.78 Å². The number of ketones is 1. The highest BCUT2D eigenvalue weighted by atomic mass is 16.1. The zero-order chi connectivity index (χ0) is 11.6. The molecule has 1 aromatic heterocycles. The van der Waals surface area contributed by atoms with E-state index in [0.717, 1.165) is 11.4 Å². The Kier molecular flexibility index (Phi) is 3.25. The van der Waals surface area contributed by atoms with Crippen LogP contribution in [-0.2, 0) is 7.05 Å². The first kappa shape index (κ1) is 11.4. The topological polar surface area (TPSA) is 58.7 Å². The first-order valence-corrected chi connectivity index (χ1v) is 4.90. The monoisotopic (exact) mass is 205 g/mol. The number of aromatic nitrogens is 2. The van der Waals surface area contributed by atoms with E-state index >= 15 is 0 Å². The van der Waals surface area contributed by atoms with Gasteiger partial charge in [-0.25, -0.2) is 0 Å². The normalized spacial score (nSPS) is 12.2. The van der Waals surface area contributed by atoms with Gasteiger partial charge in [0.25, 0.3) is 0 Å². The number of hydrogen-bond acceptors (Lipinski definition) is 3. The third kappa shape index (κ3) is 2.24. The summed E-state index contributed by atoms with van der Waals surface area (Å²) in [6.45, 7) is 5.43. The smallest absolute Gasteiger partial charge is 0.167 e. The van der Waals surface area contributed by atoms with Crippen LogP contribution in [0.3, 0.4) is 0 Å². The second-order valence-corrected chi connectivity index (χ2v) is 3.83. The fraction of sp³-hybridized carbons (Fsp3) is 0.545. The van der Waals surface area contributed by atoms with Crippen molar-refractivity contribution in [2.24, 2.45) is 13.0 Å². The highest BCUT2D eigenvalue weighted by Gasteiger charge is 2.18. The summed E-state index contributed by atoms with van der Waals surface area (Å²) < 4.78 is 1.69. The van der Waals surface area contributed by atoms with Crippen molar-refractivity contribution in [1.29, 1.82) is 5.26 Å². The Bertz CT molecular complexity index is 426. The molecule has 1 unspecified atom stereocenters. The van der Waals surface area contributed by atoms with E-state index in [2.05, 4.69) is 11.2 Å². The van der Waals surface area contributed by atoms with Gasteiger partial charge in [-0.15, -0.1) is 0 Å². The number of nitrogens with zero attached hydrogens (tertiary/aromatic N) is 3. The predicted molar refractivity (Wildman–Crippen MR) is 56.4 cm³/mol. The van der Waals surface area contributed by atoms with Crippen LogP contribution in [0.25, 0.3) is 0 Å². The third-order valence-electron chi connectivity index (χ3n) is 2.50. The Morgan fingerprint density at radius 3 is 2.60 bits per heavy atom. The lowest BCUT2D eigenvalue weighted by atomic mass is 10.00. The van der Waals surface area contributed by atoms with Crippen molar-refractivity contribution < 1.29 is 4.79 Å². The molecule has 0 saturated carbocycles. The molecule has 0 aromatic carbocycles. The molecule has 1 rings (SSSR count). The van der Waals surface area contributed by atoms with Crippen molar-refractivity contribution in [3.05, 3.63) is 17.0 Å². The molecule has 0 aliphatic heterocycles. The molecule has 1 heterocycles. The first-order valence-electron chi connectivity index (χ1n) is 4.90. The van der Waals surface area contributed by atoms with E-state index in [9.17, 15) is 4.79 Å². The lowest BCUT2D eigenvalue weighted by molar-refractivity contribution is 0.0971. The summed E-state index contributed by atoms with van der Waals surface area (Å²) in [6, 6.07) is 2.06. The maximum atomic E-state index is 11.9. The minimum absolute atomic E-state index is 0.00662. The van der Waals surface area contributed by atoms with Gasteiger partial charge in [-0.2, -0.15) is 10.4 Å². The van der Waals surface area contributed by atoms with Crippen LogP contribution in [0, 0.1) is 31.1 Å². The van der Waals surface area contributed by atoms with Crippen molar-refractivity contribution >= 4 is 5.78 Å². The molecule has 0 bridgehead atoms. The van der Waals surface area contributed by atoms with Crippen LogP contribution in [0.4, 0.5) is 0 Å². The maximum Gasteiger partial charge on any atom is 0.167 e. The molecule has 0 aliphatic rings. The van der Waals surface area contributed by atoms with E-state index in [-0.39, 0.29) is 18.1 Å². The Labute approximate surface area is 89.5 Å². The van der Waals surface area contributed by atoms with Gasteiger partial charge in [0.1, 0.15) is 0 Å². The number of hydrogen-bond donors (Lipinski definition) is 0. The van der Waals surface area contributed by atoms with Crippen molar-refractivity contribution in [2.45, 2.75) is 27.2 Å². The summed E-state index contributed by atoms with van der Waals surface area (Å²) in [4.78, 5) is 11.9. The average molecular weight is 205 g/mol. The summed E-state index contributed by atoms with van der Waals surface area (Å²) in [5, 5.41) is 12.8. The molecular weight excluding hydrogens is 190 g/mol. The van der Waals surface area contributed by atoms with E-state index in [1.165, 1.54) is 0 Å². The summed E-state index contributed by atoms with van der Waals surface area (Å²) in [7, 11) is 1.81. The second kappa shape index (κ2) is 4.26. The lowest BCUT2D eigenvalue weighted by Crippen LogP contribution is -2.07. The molecule has 0 N–H and O–H groups in total. The average Bonchev–Trinajstić information content (AvgIpc) is 2.41. The third-order valence-corrected chi connectivity index (χ3v) is 2.50. The second-order valence-electron chi connectivity index (χ2n) is 3.83. The largest absolute Gasteiger partial charge is 0.294 e. The minimum atomic E-state index is -0.239. The van der Waals surface area contributed by atoms with E-state index in [4.69, 9.17) is 5.26 Å². The van der Waals surface area contributed by atoms with Crippen LogP contribution >= 0.6 is 0 Å². The first-order chi connectivity index (χ1) is 6.97. The fourth-order valence-corrected chi connectivity index (χ4v) is 1.60. The molecule has 1 atom stereocenters. The highest BCUT2D eigenvalue weighted by molar-refractivity contribution is 5.98. The zero-order valence-corrected chi connectivity index (χ0v) is 9.53. The van der Waals surface area contributed by atoms with E-state index < -0.39 is 0 Å². The molecule has 0 fully saturated rings. The molecule has 0 aliphatic carbocycles. The molecule has 0 amide bonds. The van der Waals surface area contributed by atoms with Gasteiger partial charge < -0.3 is 0 Å². The SMILES string of the molecule is Cc1nn(C)c(C)c1C(=O)CC(C)C#N. The molecule has 0 spiro atoms. The summed E-state index contributed by atoms with van der Waals surface area (Å²) in [6.07, 6.45) is 0.268. The number of nitriles is 1. The van der Waals surface area contributed by atoms with Crippen molar-refractivity contribution in [3.63, 3.8) is 0 Å². The lowest BCUT2D eigenvalue weighted by Gasteiger charge is -2.02. The van der Waals surface area contributed by atoms with Gasteiger partial charge >= 0.3 is 0 Å². The predicted octanol–water partition coefficient (Wildman–Crippen LogP) is 1.77. The van der Waals surface area contributed by atoms with Crippen LogP contribution in [0.2, 0.25) is 0 Å². The quantitative estimate of drug-likeness (QED) is 0.706. The van der Waals surface area contributed by atoms with Gasteiger partial charge in [0.15, 0.2) is 5.78 Å². The van der Waals surface area contributed by atoms with Gasteiger partial charge in [-0.3, -0.25) is 9.48 Å². The molecule has 1 aromatic rings. The summed E-state index contributed by atoms with van der Waals surface area (Å²) in [5.74, 6) is -0.233. The Balaban J connectivity index is 2.97. The Hall–Kier alpha value is -1.63. The molecule has 4 nitrogen and oxygen atoms in total. The van der Waals surface area contributed by atoms with Gasteiger partial charge in [-0.05, 0) is 20.8 Å². The number of rotatable bonds is 3. The molecule has 15 heavy (non-hydrogen) atoms. The Morgan fingerprint density at radius 1 is 1.60 bits per heavy atom.